The van der Waals surface area contributed by atoms with Gasteiger partial charge in [-0.25, -0.2) is 19.9 Å². The highest BCUT2D eigenvalue weighted by Gasteiger charge is 2.42. The Morgan fingerprint density at radius 2 is 0.512 bits per heavy atom. The molecule has 0 unspecified atom stereocenters. The summed E-state index contributed by atoms with van der Waals surface area (Å²) >= 11 is 0. The van der Waals surface area contributed by atoms with Gasteiger partial charge in [0.25, 0.3) is 0 Å². The Bertz CT molecular complexity index is 4840. The molecule has 4 heteroatoms. The molecule has 0 saturated carbocycles. The monoisotopic (exact) mass is 1100 g/mol. The van der Waals surface area contributed by atoms with Crippen molar-refractivity contribution in [1.29, 1.82) is 0 Å². The molecule has 12 aromatic carbocycles. The van der Waals surface area contributed by atoms with Crippen molar-refractivity contribution in [3.8, 4) is 112 Å². The highest BCUT2D eigenvalue weighted by Crippen LogP contribution is 2.54. The lowest BCUT2D eigenvalue weighted by molar-refractivity contribution is 0.657. The van der Waals surface area contributed by atoms with Crippen LogP contribution in [0.1, 0.15) is 49.9 Å². The normalized spacial score (nSPS) is 13.1. The summed E-state index contributed by atoms with van der Waals surface area (Å²) in [5.41, 5.74) is 25.0. The number of aromatic nitrogens is 4. The van der Waals surface area contributed by atoms with Crippen molar-refractivity contribution < 1.29 is 0 Å². The van der Waals surface area contributed by atoms with E-state index in [-0.39, 0.29) is 10.8 Å². The van der Waals surface area contributed by atoms with Gasteiger partial charge in [-0.05, 0) is 95.4 Å². The average molecular weight is 1100 g/mol. The maximum Gasteiger partial charge on any atom is 0.160 e. The standard InChI is InChI=1S/2C41H30N2/c1-41(2)36-26-34(29-19-17-28(18-20-29)33-22-21-27-11-9-10-16-32(27)25-33)23-24-35(36)39-37(41)38(30-12-5-3-6-13-30)42-40(43-39)31-14-7-4-8-15-31;1-41(2)36-15-9-8-14-35(36)39-37(41)38(42-40(43-39)32-11-4-3-5-12-32)31-23-20-29(21-24-31)28-16-18-30(19-17-28)34-25-22-27-10-6-7-13-33(27)26-34/h2*3-26H,1-2H3. The minimum Gasteiger partial charge on any atom is -0.228 e. The van der Waals surface area contributed by atoms with Crippen LogP contribution in [0.5, 0.6) is 0 Å². The Labute approximate surface area is 502 Å². The first kappa shape index (κ1) is 52.1. The smallest absolute Gasteiger partial charge is 0.160 e. The van der Waals surface area contributed by atoms with Crippen molar-refractivity contribution in [3.63, 3.8) is 0 Å². The van der Waals surface area contributed by atoms with Crippen molar-refractivity contribution in [2.45, 2.75) is 38.5 Å². The van der Waals surface area contributed by atoms with E-state index in [1.54, 1.807) is 0 Å². The molecule has 16 rings (SSSR count). The predicted octanol–water partition coefficient (Wildman–Crippen LogP) is 21.2. The number of nitrogens with zero attached hydrogens (tertiary/aromatic N) is 4. The molecule has 0 aliphatic heterocycles. The van der Waals surface area contributed by atoms with Gasteiger partial charge < -0.3 is 0 Å². The molecule has 0 atom stereocenters. The quantitative estimate of drug-likeness (QED) is 0.152. The summed E-state index contributed by atoms with van der Waals surface area (Å²) in [7, 11) is 0. The Balaban J connectivity index is 0.000000145. The number of benzene rings is 12. The van der Waals surface area contributed by atoms with Crippen LogP contribution in [0.4, 0.5) is 0 Å². The highest BCUT2D eigenvalue weighted by molar-refractivity contribution is 5.92. The van der Waals surface area contributed by atoms with Gasteiger partial charge in [-0.15, -0.1) is 0 Å². The van der Waals surface area contributed by atoms with Gasteiger partial charge in [0, 0.05) is 55.3 Å². The average Bonchev–Trinajstić information content (AvgIpc) is 1.59. The Kier molecular flexibility index (Phi) is 12.8. The molecule has 4 nitrogen and oxygen atoms in total. The van der Waals surface area contributed by atoms with E-state index in [0.29, 0.717) is 0 Å². The summed E-state index contributed by atoms with van der Waals surface area (Å²) in [4.78, 5) is 20.8. The van der Waals surface area contributed by atoms with Gasteiger partial charge in [0.1, 0.15) is 0 Å². The minimum absolute atomic E-state index is 0.201. The van der Waals surface area contributed by atoms with Crippen LogP contribution >= 0.6 is 0 Å². The predicted molar refractivity (Wildman–Crippen MR) is 358 cm³/mol. The molecule has 408 valence electrons. The van der Waals surface area contributed by atoms with Crippen molar-refractivity contribution >= 4 is 21.5 Å². The molecule has 0 fully saturated rings. The van der Waals surface area contributed by atoms with Crippen LogP contribution in [0.2, 0.25) is 0 Å². The molecule has 86 heavy (non-hydrogen) atoms. The van der Waals surface area contributed by atoms with Crippen LogP contribution in [-0.2, 0) is 10.8 Å². The van der Waals surface area contributed by atoms with Gasteiger partial charge in [0.2, 0.25) is 0 Å². The van der Waals surface area contributed by atoms with E-state index >= 15 is 0 Å². The van der Waals surface area contributed by atoms with Crippen molar-refractivity contribution in [3.05, 3.63) is 313 Å². The molecule has 0 saturated heterocycles. The van der Waals surface area contributed by atoms with Gasteiger partial charge in [-0.2, -0.15) is 0 Å². The molecule has 2 heterocycles. The molecule has 0 radical (unpaired) electrons. The molecule has 14 aromatic rings. The van der Waals surface area contributed by atoms with Crippen LogP contribution in [0.15, 0.2) is 291 Å². The van der Waals surface area contributed by atoms with E-state index < -0.39 is 0 Å². The summed E-state index contributed by atoms with van der Waals surface area (Å²) in [5.74, 6) is 1.52. The molecule has 0 amide bonds. The largest absolute Gasteiger partial charge is 0.228 e. The lowest BCUT2D eigenvalue weighted by Crippen LogP contribution is -2.17. The van der Waals surface area contributed by atoms with Gasteiger partial charge in [-0.1, -0.05) is 301 Å². The molecule has 2 aromatic heterocycles. The van der Waals surface area contributed by atoms with E-state index in [1.165, 1.54) is 99.4 Å². The Morgan fingerprint density at radius 1 is 0.209 bits per heavy atom. The van der Waals surface area contributed by atoms with Crippen molar-refractivity contribution in [2.75, 3.05) is 0 Å². The summed E-state index contributed by atoms with van der Waals surface area (Å²) in [6, 6.07) is 104. The van der Waals surface area contributed by atoms with E-state index in [1.807, 2.05) is 36.4 Å². The van der Waals surface area contributed by atoms with Crippen LogP contribution < -0.4 is 0 Å². The zero-order valence-electron chi connectivity index (χ0n) is 48.5. The first-order chi connectivity index (χ1) is 42.1. The second kappa shape index (κ2) is 21.2. The fraction of sp³-hybridized carbons (Fsp3) is 0.0732. The van der Waals surface area contributed by atoms with E-state index in [4.69, 9.17) is 19.9 Å². The van der Waals surface area contributed by atoms with Crippen LogP contribution in [-0.4, -0.2) is 19.9 Å². The first-order valence-corrected chi connectivity index (χ1v) is 29.7. The summed E-state index contributed by atoms with van der Waals surface area (Å²) in [6.07, 6.45) is 0. The number of fused-ring (bicyclic) bond motifs is 8. The van der Waals surface area contributed by atoms with E-state index in [2.05, 4.69) is 282 Å². The molecular weight excluding hydrogens is 1040 g/mol. The van der Waals surface area contributed by atoms with Gasteiger partial charge in [0.15, 0.2) is 11.6 Å². The summed E-state index contributed by atoms with van der Waals surface area (Å²) in [5, 5.41) is 5.05. The van der Waals surface area contributed by atoms with Crippen molar-refractivity contribution in [2.24, 2.45) is 0 Å². The fourth-order valence-corrected chi connectivity index (χ4v) is 13.2. The van der Waals surface area contributed by atoms with Crippen LogP contribution in [0.3, 0.4) is 0 Å². The molecule has 0 N–H and O–H groups in total. The third kappa shape index (κ3) is 9.28. The Morgan fingerprint density at radius 3 is 0.977 bits per heavy atom. The highest BCUT2D eigenvalue weighted by atomic mass is 14.9. The van der Waals surface area contributed by atoms with Gasteiger partial charge in [0.05, 0.1) is 22.8 Å². The summed E-state index contributed by atoms with van der Waals surface area (Å²) < 4.78 is 0. The number of hydrogen-bond acceptors (Lipinski definition) is 4. The van der Waals surface area contributed by atoms with Crippen LogP contribution in [0, 0.1) is 0 Å². The molecular formula is C82H60N4. The third-order valence-corrected chi connectivity index (χ3v) is 17.7. The SMILES string of the molecule is CC1(C)c2cc(-c3ccc(-c4ccc5ccccc5c4)cc3)ccc2-c2nc(-c3ccccc3)nc(-c3ccccc3)c21.CC1(C)c2ccccc2-c2nc(-c3ccccc3)nc(-c3ccc(-c4ccc(-c5ccc6ccccc6c5)cc4)cc3)c21. The lowest BCUT2D eigenvalue weighted by atomic mass is 9.80. The molecule has 0 spiro atoms. The third-order valence-electron chi connectivity index (χ3n) is 17.7. The number of hydrogen-bond donors (Lipinski definition) is 0. The van der Waals surface area contributed by atoms with E-state index in [9.17, 15) is 0 Å². The zero-order valence-corrected chi connectivity index (χ0v) is 48.5. The molecule has 2 aliphatic carbocycles. The van der Waals surface area contributed by atoms with Crippen LogP contribution in [0.25, 0.3) is 134 Å². The zero-order chi connectivity index (χ0) is 57.9. The fourth-order valence-electron chi connectivity index (χ4n) is 13.2. The summed E-state index contributed by atoms with van der Waals surface area (Å²) in [6.45, 7) is 9.20. The molecule has 0 bridgehead atoms. The second-order valence-corrected chi connectivity index (χ2v) is 23.7. The van der Waals surface area contributed by atoms with Crippen molar-refractivity contribution in [1.82, 2.24) is 19.9 Å². The number of rotatable bonds is 8. The first-order valence-electron chi connectivity index (χ1n) is 29.7. The topological polar surface area (TPSA) is 51.6 Å². The Hall–Kier alpha value is -10.7. The minimum atomic E-state index is -0.258. The van der Waals surface area contributed by atoms with Gasteiger partial charge in [-0.3, -0.25) is 0 Å². The maximum atomic E-state index is 5.22. The molecule has 2 aliphatic rings. The second-order valence-electron chi connectivity index (χ2n) is 23.7. The lowest BCUT2D eigenvalue weighted by Gasteiger charge is -2.24. The van der Waals surface area contributed by atoms with Gasteiger partial charge >= 0.3 is 0 Å². The maximum absolute atomic E-state index is 5.22. The van der Waals surface area contributed by atoms with E-state index in [0.717, 1.165) is 56.7 Å².